The number of allylic oxidation sites excluding steroid dienone is 1. The molecule has 1 saturated carbocycles. The summed E-state index contributed by atoms with van der Waals surface area (Å²) in [5, 5.41) is 5.51. The van der Waals surface area contributed by atoms with Crippen LogP contribution in [0.25, 0.3) is 0 Å². The number of hydrogen-bond acceptors (Lipinski definition) is 7. The Balaban J connectivity index is 1.50. The minimum Gasteiger partial charge on any atom is -0.444 e. The normalized spacial score (nSPS) is 27.4. The number of alkyl carbamates (subject to hydrolysis) is 1. The van der Waals surface area contributed by atoms with Crippen LogP contribution in [0, 0.1) is 5.92 Å². The van der Waals surface area contributed by atoms with Crippen LogP contribution in [0.5, 0.6) is 0 Å². The Morgan fingerprint density at radius 1 is 1.07 bits per heavy atom. The van der Waals surface area contributed by atoms with Crippen LogP contribution in [-0.4, -0.2) is 66.9 Å². The second-order valence-electron chi connectivity index (χ2n) is 12.5. The van der Waals surface area contributed by atoms with E-state index in [4.69, 9.17) is 4.74 Å². The summed E-state index contributed by atoms with van der Waals surface area (Å²) in [6, 6.07) is 7.16. The number of benzene rings is 1. The van der Waals surface area contributed by atoms with Gasteiger partial charge in [-0.15, -0.1) is 0 Å². The summed E-state index contributed by atoms with van der Waals surface area (Å²) in [5.74, 6) is -2.13. The zero-order valence-electron chi connectivity index (χ0n) is 25.1. The van der Waals surface area contributed by atoms with E-state index in [0.717, 1.165) is 18.4 Å². The molecule has 12 nitrogen and oxygen atoms in total. The molecule has 0 unspecified atom stereocenters. The van der Waals surface area contributed by atoms with Gasteiger partial charge in [-0.1, -0.05) is 55.3 Å². The molecule has 43 heavy (non-hydrogen) atoms. The van der Waals surface area contributed by atoms with E-state index in [1.807, 2.05) is 18.2 Å². The fraction of sp³-hybridized carbons (Fsp3) is 0.600. The van der Waals surface area contributed by atoms with Crippen LogP contribution < -0.4 is 20.1 Å². The van der Waals surface area contributed by atoms with Gasteiger partial charge in [-0.05, 0) is 64.9 Å². The zero-order chi connectivity index (χ0) is 31.3. The smallest absolute Gasteiger partial charge is 0.408 e. The number of nitrogens with zero attached hydrogens (tertiary/aromatic N) is 1. The molecule has 2 aliphatic heterocycles. The van der Waals surface area contributed by atoms with Gasteiger partial charge in [0.05, 0.1) is 0 Å². The van der Waals surface area contributed by atoms with E-state index in [1.165, 1.54) is 4.90 Å². The van der Waals surface area contributed by atoms with Gasteiger partial charge in [0, 0.05) is 19.0 Å². The third kappa shape index (κ3) is 8.79. The molecular formula is C30H43N5O7S. The molecule has 1 aliphatic carbocycles. The third-order valence-electron chi connectivity index (χ3n) is 7.86. The number of nitrogens with one attached hydrogen (secondary N) is 4. The molecule has 2 fully saturated rings. The maximum Gasteiger partial charge on any atom is 0.408 e. The molecule has 13 heteroatoms. The van der Waals surface area contributed by atoms with Crippen LogP contribution in [0.15, 0.2) is 42.5 Å². The molecule has 4 N–H and O–H groups in total. The monoisotopic (exact) mass is 617 g/mol. The summed E-state index contributed by atoms with van der Waals surface area (Å²) in [6.45, 7) is 5.52. The van der Waals surface area contributed by atoms with Crippen LogP contribution in [0.2, 0.25) is 0 Å². The van der Waals surface area contributed by atoms with E-state index >= 15 is 0 Å². The Morgan fingerprint density at radius 3 is 2.53 bits per heavy atom. The number of carbonyl (C=O) groups is 4. The highest BCUT2D eigenvalue weighted by molar-refractivity contribution is 7.88. The van der Waals surface area contributed by atoms with Gasteiger partial charge in [0.2, 0.25) is 11.8 Å². The first-order valence-corrected chi connectivity index (χ1v) is 16.4. The fourth-order valence-corrected chi connectivity index (χ4v) is 6.42. The second-order valence-corrected chi connectivity index (χ2v) is 14.0. The molecule has 4 atom stereocenters. The Kier molecular flexibility index (Phi) is 10.2. The van der Waals surface area contributed by atoms with E-state index < -0.39 is 57.3 Å². The lowest BCUT2D eigenvalue weighted by atomic mass is 10.0. The molecule has 3 aliphatic rings. The Morgan fingerprint density at radius 2 is 1.81 bits per heavy atom. The van der Waals surface area contributed by atoms with Gasteiger partial charge < -0.3 is 20.3 Å². The molecule has 4 rings (SSSR count). The van der Waals surface area contributed by atoms with Gasteiger partial charge in [0.15, 0.2) is 0 Å². The highest BCUT2D eigenvalue weighted by atomic mass is 32.2. The van der Waals surface area contributed by atoms with Crippen molar-refractivity contribution in [3.8, 4) is 0 Å². The molecule has 0 aromatic heterocycles. The highest BCUT2D eigenvalue weighted by Crippen LogP contribution is 2.45. The van der Waals surface area contributed by atoms with Crippen molar-refractivity contribution >= 4 is 34.0 Å². The molecule has 236 valence electrons. The van der Waals surface area contributed by atoms with Gasteiger partial charge in [-0.3, -0.25) is 14.4 Å². The zero-order valence-corrected chi connectivity index (χ0v) is 25.9. The van der Waals surface area contributed by atoms with Crippen LogP contribution in [0.4, 0.5) is 4.79 Å². The summed E-state index contributed by atoms with van der Waals surface area (Å²) in [4.78, 5) is 54.8. The van der Waals surface area contributed by atoms with Gasteiger partial charge in [-0.2, -0.15) is 13.1 Å². The lowest BCUT2D eigenvalue weighted by Gasteiger charge is -2.30. The number of amides is 4. The van der Waals surface area contributed by atoms with E-state index in [2.05, 4.69) is 20.1 Å². The third-order valence-corrected chi connectivity index (χ3v) is 8.84. The second kappa shape index (κ2) is 13.5. The first-order chi connectivity index (χ1) is 20.3. The van der Waals surface area contributed by atoms with E-state index in [1.54, 1.807) is 45.0 Å². The number of rotatable bonds is 6. The molecule has 0 spiro atoms. The van der Waals surface area contributed by atoms with Crippen molar-refractivity contribution in [3.05, 3.63) is 48.0 Å². The van der Waals surface area contributed by atoms with Crippen molar-refractivity contribution in [2.24, 2.45) is 5.92 Å². The average Bonchev–Trinajstić information content (AvgIpc) is 3.39. The molecule has 4 amide bonds. The van der Waals surface area contributed by atoms with Gasteiger partial charge in [0.25, 0.3) is 5.91 Å². The Bertz CT molecular complexity index is 1330. The van der Waals surface area contributed by atoms with Crippen LogP contribution in [0.1, 0.15) is 77.7 Å². The molecule has 2 heterocycles. The lowest BCUT2D eigenvalue weighted by molar-refractivity contribution is -0.141. The minimum absolute atomic E-state index is 0.0101. The van der Waals surface area contributed by atoms with Crippen LogP contribution >= 0.6 is 0 Å². The molecular weight excluding hydrogens is 574 g/mol. The maximum absolute atomic E-state index is 13.7. The first-order valence-electron chi connectivity index (χ1n) is 14.9. The van der Waals surface area contributed by atoms with E-state index in [-0.39, 0.29) is 18.9 Å². The van der Waals surface area contributed by atoms with E-state index in [9.17, 15) is 27.6 Å². The highest BCUT2D eigenvalue weighted by Gasteiger charge is 2.61. The molecule has 0 bridgehead atoms. The van der Waals surface area contributed by atoms with Crippen molar-refractivity contribution in [1.82, 2.24) is 25.0 Å². The molecule has 0 radical (unpaired) electrons. The quantitative estimate of drug-likeness (QED) is 0.356. The number of ether oxygens (including phenoxy) is 1. The Hall–Kier alpha value is -3.45. The molecule has 1 aromatic rings. The minimum atomic E-state index is -4.22. The Labute approximate surface area is 253 Å². The van der Waals surface area contributed by atoms with Crippen molar-refractivity contribution in [1.29, 1.82) is 0 Å². The standard InChI is InChI=1S/C30H43N5O7S/c1-29(2,3)42-28(39)32-23-16-11-6-4-5-10-15-22-19-30(22,33-25(36)24-17-12-18-35(24)26(23)37)27(38)34-43(40,41)31-20-21-13-8-7-9-14-21/h7-10,13-15,22-24,31H,4-6,11-12,16-20H2,1-3H3,(H,32,39)(H,33,36)(H,34,38)/b15-10-/t22-,23+,24+,30-/m1/s1. The van der Waals surface area contributed by atoms with Crippen molar-refractivity contribution in [2.75, 3.05) is 6.54 Å². The van der Waals surface area contributed by atoms with Gasteiger partial charge >= 0.3 is 16.3 Å². The van der Waals surface area contributed by atoms with Crippen molar-refractivity contribution in [3.63, 3.8) is 0 Å². The maximum atomic E-state index is 13.7. The number of fused-ring (bicyclic) bond motifs is 2. The predicted molar refractivity (Wildman–Crippen MR) is 159 cm³/mol. The number of hydrogen-bond donors (Lipinski definition) is 4. The average molecular weight is 618 g/mol. The summed E-state index contributed by atoms with van der Waals surface area (Å²) < 4.78 is 35.4. The molecule has 1 aromatic carbocycles. The number of carbonyl (C=O) groups excluding carboxylic acids is 4. The van der Waals surface area contributed by atoms with Crippen molar-refractivity contribution < 1.29 is 32.3 Å². The predicted octanol–water partition coefficient (Wildman–Crippen LogP) is 2.42. The topological polar surface area (TPSA) is 163 Å². The summed E-state index contributed by atoms with van der Waals surface area (Å²) >= 11 is 0. The SMILES string of the molecule is CC(C)(C)OC(=O)N[C@H]1CCCCC/C=C\[C@@H]2C[C@@]2(C(=O)NS(=O)(=O)NCc2ccccc2)NC(=O)[C@@H]2CCCN2C1=O. The lowest BCUT2D eigenvalue weighted by Crippen LogP contribution is -2.59. The fourth-order valence-electron chi connectivity index (χ4n) is 5.57. The first kappa shape index (κ1) is 32.5. The largest absolute Gasteiger partial charge is 0.444 e. The van der Waals surface area contributed by atoms with E-state index in [0.29, 0.717) is 38.6 Å². The summed E-state index contributed by atoms with van der Waals surface area (Å²) in [5.41, 5.74) is -1.48. The van der Waals surface area contributed by atoms with Crippen molar-refractivity contribution in [2.45, 2.75) is 102 Å². The van der Waals surface area contributed by atoms with Crippen LogP contribution in [0.3, 0.4) is 0 Å². The van der Waals surface area contributed by atoms with Crippen LogP contribution in [-0.2, 0) is 35.9 Å². The van der Waals surface area contributed by atoms with Gasteiger partial charge in [0.1, 0.15) is 23.2 Å². The summed E-state index contributed by atoms with van der Waals surface area (Å²) in [6.07, 6.45) is 7.72. The van der Waals surface area contributed by atoms with Gasteiger partial charge in [-0.25, -0.2) is 9.52 Å². The summed E-state index contributed by atoms with van der Waals surface area (Å²) in [7, 11) is -4.22. The molecule has 1 saturated heterocycles.